The van der Waals surface area contributed by atoms with E-state index in [1.807, 2.05) is 6.07 Å². The van der Waals surface area contributed by atoms with Gasteiger partial charge in [-0.25, -0.2) is 0 Å². The maximum Gasteiger partial charge on any atom is 0.115 e. The SMILES string of the molecule is Oc1cccc(C(O)C2CCCCCN2)c1. The van der Waals surface area contributed by atoms with Crippen molar-refractivity contribution in [3.05, 3.63) is 29.8 Å². The van der Waals surface area contributed by atoms with E-state index in [9.17, 15) is 10.2 Å². The number of benzene rings is 1. The van der Waals surface area contributed by atoms with Crippen LogP contribution in [-0.4, -0.2) is 22.8 Å². The maximum absolute atomic E-state index is 10.2. The Balaban J connectivity index is 2.07. The van der Waals surface area contributed by atoms with Crippen LogP contribution in [0.25, 0.3) is 0 Å². The molecule has 0 radical (unpaired) electrons. The van der Waals surface area contributed by atoms with Crippen molar-refractivity contribution in [2.45, 2.75) is 37.8 Å². The van der Waals surface area contributed by atoms with E-state index in [2.05, 4.69) is 5.32 Å². The molecule has 0 amide bonds. The van der Waals surface area contributed by atoms with E-state index in [1.54, 1.807) is 18.2 Å². The summed E-state index contributed by atoms with van der Waals surface area (Å²) in [6, 6.07) is 7.00. The summed E-state index contributed by atoms with van der Waals surface area (Å²) in [5.41, 5.74) is 0.791. The van der Waals surface area contributed by atoms with E-state index in [4.69, 9.17) is 0 Å². The van der Waals surface area contributed by atoms with E-state index in [-0.39, 0.29) is 11.8 Å². The molecular weight excluding hydrogens is 202 g/mol. The van der Waals surface area contributed by atoms with Crippen LogP contribution < -0.4 is 5.32 Å². The van der Waals surface area contributed by atoms with E-state index in [0.29, 0.717) is 0 Å². The van der Waals surface area contributed by atoms with Crippen LogP contribution in [-0.2, 0) is 0 Å². The second-order valence-corrected chi connectivity index (χ2v) is 4.45. The summed E-state index contributed by atoms with van der Waals surface area (Å²) in [7, 11) is 0. The topological polar surface area (TPSA) is 52.5 Å². The van der Waals surface area contributed by atoms with Gasteiger partial charge in [0.15, 0.2) is 0 Å². The van der Waals surface area contributed by atoms with Crippen LogP contribution in [0.2, 0.25) is 0 Å². The molecule has 0 saturated carbocycles. The van der Waals surface area contributed by atoms with E-state index < -0.39 is 6.10 Å². The predicted octanol–water partition coefficient (Wildman–Crippen LogP) is 1.96. The molecule has 0 aliphatic carbocycles. The molecule has 1 heterocycles. The molecule has 0 spiro atoms. The van der Waals surface area contributed by atoms with Crippen molar-refractivity contribution >= 4 is 0 Å². The van der Waals surface area contributed by atoms with Crippen LogP contribution in [0.5, 0.6) is 5.75 Å². The third-order valence-electron chi connectivity index (χ3n) is 3.19. The number of phenols is 1. The monoisotopic (exact) mass is 221 g/mol. The van der Waals surface area contributed by atoms with Crippen LogP contribution in [0, 0.1) is 0 Å². The highest BCUT2D eigenvalue weighted by atomic mass is 16.3. The molecule has 1 saturated heterocycles. The lowest BCUT2D eigenvalue weighted by Gasteiger charge is -2.22. The van der Waals surface area contributed by atoms with Gasteiger partial charge in [0.05, 0.1) is 6.10 Å². The molecule has 0 bridgehead atoms. The number of aliphatic hydroxyl groups is 1. The Morgan fingerprint density at radius 1 is 1.25 bits per heavy atom. The number of hydrogen-bond donors (Lipinski definition) is 3. The van der Waals surface area contributed by atoms with Crippen LogP contribution in [0.15, 0.2) is 24.3 Å². The Bertz CT molecular complexity index is 332. The van der Waals surface area contributed by atoms with Gasteiger partial charge in [-0.1, -0.05) is 25.0 Å². The lowest BCUT2D eigenvalue weighted by molar-refractivity contribution is 0.126. The first-order chi connectivity index (χ1) is 7.77. The molecule has 88 valence electrons. The van der Waals surface area contributed by atoms with Crippen molar-refractivity contribution in [1.82, 2.24) is 5.32 Å². The van der Waals surface area contributed by atoms with Crippen molar-refractivity contribution in [2.75, 3.05) is 6.54 Å². The summed E-state index contributed by atoms with van der Waals surface area (Å²) in [5.74, 6) is 0.213. The van der Waals surface area contributed by atoms with Crippen molar-refractivity contribution in [3.8, 4) is 5.75 Å². The quantitative estimate of drug-likeness (QED) is 0.715. The molecule has 2 rings (SSSR count). The molecular formula is C13H19NO2. The number of phenolic OH excluding ortho intramolecular Hbond substituents is 1. The Morgan fingerprint density at radius 2 is 2.12 bits per heavy atom. The first kappa shape index (κ1) is 11.4. The molecule has 1 fully saturated rings. The fourth-order valence-electron chi connectivity index (χ4n) is 2.27. The minimum absolute atomic E-state index is 0.115. The molecule has 1 aliphatic rings. The van der Waals surface area contributed by atoms with Gasteiger partial charge in [0.1, 0.15) is 5.75 Å². The summed E-state index contributed by atoms with van der Waals surface area (Å²) in [6.45, 7) is 0.973. The lowest BCUT2D eigenvalue weighted by Crippen LogP contribution is -2.34. The third-order valence-corrected chi connectivity index (χ3v) is 3.19. The van der Waals surface area contributed by atoms with Crippen LogP contribution in [0.1, 0.15) is 37.4 Å². The fraction of sp³-hybridized carbons (Fsp3) is 0.538. The van der Waals surface area contributed by atoms with Crippen LogP contribution in [0.4, 0.5) is 0 Å². The van der Waals surface area contributed by atoms with Gasteiger partial charge in [0, 0.05) is 6.04 Å². The van der Waals surface area contributed by atoms with Gasteiger partial charge in [0.25, 0.3) is 0 Å². The molecule has 3 N–H and O–H groups in total. The molecule has 3 nitrogen and oxygen atoms in total. The summed E-state index contributed by atoms with van der Waals surface area (Å²) >= 11 is 0. The Morgan fingerprint density at radius 3 is 2.94 bits per heavy atom. The van der Waals surface area contributed by atoms with Gasteiger partial charge in [-0.2, -0.15) is 0 Å². The van der Waals surface area contributed by atoms with Gasteiger partial charge in [-0.05, 0) is 37.1 Å². The first-order valence-corrected chi connectivity index (χ1v) is 5.98. The number of nitrogens with one attached hydrogen (secondary N) is 1. The zero-order valence-corrected chi connectivity index (χ0v) is 9.39. The van der Waals surface area contributed by atoms with Gasteiger partial charge >= 0.3 is 0 Å². The minimum Gasteiger partial charge on any atom is -0.508 e. The van der Waals surface area contributed by atoms with Crippen molar-refractivity contribution in [1.29, 1.82) is 0 Å². The number of aliphatic hydroxyl groups excluding tert-OH is 1. The highest BCUT2D eigenvalue weighted by Crippen LogP contribution is 2.24. The van der Waals surface area contributed by atoms with E-state index in [0.717, 1.165) is 24.9 Å². The minimum atomic E-state index is -0.523. The van der Waals surface area contributed by atoms with Gasteiger partial charge in [-0.15, -0.1) is 0 Å². The average Bonchev–Trinajstić information content (AvgIpc) is 2.56. The normalized spacial score (nSPS) is 23.7. The maximum atomic E-state index is 10.2. The van der Waals surface area contributed by atoms with E-state index >= 15 is 0 Å². The largest absolute Gasteiger partial charge is 0.508 e. The molecule has 1 aromatic rings. The second-order valence-electron chi connectivity index (χ2n) is 4.45. The molecule has 3 heteroatoms. The smallest absolute Gasteiger partial charge is 0.115 e. The summed E-state index contributed by atoms with van der Waals surface area (Å²) in [4.78, 5) is 0. The predicted molar refractivity (Wildman–Crippen MR) is 63.3 cm³/mol. The second kappa shape index (κ2) is 5.32. The first-order valence-electron chi connectivity index (χ1n) is 5.98. The average molecular weight is 221 g/mol. The van der Waals surface area contributed by atoms with Gasteiger partial charge < -0.3 is 15.5 Å². The zero-order valence-electron chi connectivity index (χ0n) is 9.39. The summed E-state index contributed by atoms with van der Waals surface area (Å²) < 4.78 is 0. The van der Waals surface area contributed by atoms with Crippen LogP contribution in [0.3, 0.4) is 0 Å². The molecule has 16 heavy (non-hydrogen) atoms. The molecule has 2 atom stereocenters. The third kappa shape index (κ3) is 2.74. The van der Waals surface area contributed by atoms with Gasteiger partial charge in [-0.3, -0.25) is 0 Å². The fourth-order valence-corrected chi connectivity index (χ4v) is 2.27. The Hall–Kier alpha value is -1.06. The Kier molecular flexibility index (Phi) is 3.80. The molecule has 1 aromatic carbocycles. The standard InChI is InChI=1S/C13H19NO2/c15-11-6-4-5-10(9-11)13(16)12-7-2-1-3-8-14-12/h4-6,9,12-16H,1-3,7-8H2. The molecule has 0 aromatic heterocycles. The molecule has 2 unspecified atom stereocenters. The van der Waals surface area contributed by atoms with Gasteiger partial charge in [0.2, 0.25) is 0 Å². The highest BCUT2D eigenvalue weighted by Gasteiger charge is 2.21. The van der Waals surface area contributed by atoms with Crippen molar-refractivity contribution in [2.24, 2.45) is 0 Å². The highest BCUT2D eigenvalue weighted by molar-refractivity contribution is 5.29. The van der Waals surface area contributed by atoms with Crippen molar-refractivity contribution in [3.63, 3.8) is 0 Å². The lowest BCUT2D eigenvalue weighted by atomic mass is 9.98. The van der Waals surface area contributed by atoms with Crippen molar-refractivity contribution < 1.29 is 10.2 Å². The summed E-state index contributed by atoms with van der Waals surface area (Å²) in [5, 5.41) is 23.0. The number of hydrogen-bond acceptors (Lipinski definition) is 3. The number of aromatic hydroxyl groups is 1. The Labute approximate surface area is 96.1 Å². The van der Waals surface area contributed by atoms with E-state index in [1.165, 1.54) is 12.8 Å². The zero-order chi connectivity index (χ0) is 11.4. The summed E-state index contributed by atoms with van der Waals surface area (Å²) in [6.07, 6.45) is 4.05. The number of rotatable bonds is 2. The van der Waals surface area contributed by atoms with Crippen LogP contribution >= 0.6 is 0 Å². The molecule has 1 aliphatic heterocycles.